The van der Waals surface area contributed by atoms with E-state index in [0.717, 1.165) is 0 Å². The fourth-order valence-corrected chi connectivity index (χ4v) is 3.38. The Labute approximate surface area is 182 Å². The van der Waals surface area contributed by atoms with Gasteiger partial charge in [-0.25, -0.2) is 4.79 Å². The number of hydrogen-bond donors (Lipinski definition) is 2. The Morgan fingerprint density at radius 2 is 2.17 bits per heavy atom. The number of piperidine rings is 1. The summed E-state index contributed by atoms with van der Waals surface area (Å²) in [4.78, 5) is 26.6. The van der Waals surface area contributed by atoms with E-state index in [9.17, 15) is 9.59 Å². The molecule has 164 valence electrons. The molecular weight excluding hydrogens is 410 g/mol. The van der Waals surface area contributed by atoms with Crippen LogP contribution in [0.4, 0.5) is 10.5 Å². The normalized spacial score (nSPS) is 19.3. The van der Waals surface area contributed by atoms with E-state index in [1.165, 1.54) is 19.2 Å². The average molecular weight is 438 g/mol. The molecule has 9 heteroatoms. The highest BCUT2D eigenvalue weighted by Gasteiger charge is 2.34. The standard InChI is InChI=1S/C21H28ClN3O5/c1-5-7-13(3)30-18-11-16(23)15(22)10-14(18)20(26)24-17-8-9-25(12-19(17)28-4)21(27)29-6-2/h10-11,13,17,19H,6,8-9,12,23H2,1-4H3,(H,24,26)/t13-,17+,19-/m0/s1. The lowest BCUT2D eigenvalue weighted by atomic mass is 10.0. The number of nitrogen functional groups attached to an aromatic ring is 1. The van der Waals surface area contributed by atoms with Crippen molar-refractivity contribution in [1.82, 2.24) is 10.2 Å². The summed E-state index contributed by atoms with van der Waals surface area (Å²) in [5, 5.41) is 3.21. The number of hydrogen-bond acceptors (Lipinski definition) is 6. The zero-order valence-electron chi connectivity index (χ0n) is 17.7. The summed E-state index contributed by atoms with van der Waals surface area (Å²) in [7, 11) is 1.54. The number of nitrogens with one attached hydrogen (secondary N) is 1. The van der Waals surface area contributed by atoms with Crippen molar-refractivity contribution in [2.75, 3.05) is 32.5 Å². The summed E-state index contributed by atoms with van der Waals surface area (Å²) >= 11 is 6.14. The first kappa shape index (κ1) is 23.6. The maximum absolute atomic E-state index is 13.0. The molecule has 3 atom stereocenters. The number of halogens is 1. The third-order valence-corrected chi connectivity index (χ3v) is 5.03. The van der Waals surface area contributed by atoms with Crippen molar-refractivity contribution in [3.05, 3.63) is 22.7 Å². The van der Waals surface area contributed by atoms with Crippen molar-refractivity contribution >= 4 is 29.3 Å². The van der Waals surface area contributed by atoms with Gasteiger partial charge in [-0.05, 0) is 33.3 Å². The highest BCUT2D eigenvalue weighted by atomic mass is 35.5. The molecule has 0 aliphatic carbocycles. The van der Waals surface area contributed by atoms with E-state index in [-0.39, 0.29) is 28.6 Å². The van der Waals surface area contributed by atoms with Crippen LogP contribution >= 0.6 is 11.6 Å². The van der Waals surface area contributed by atoms with Crippen molar-refractivity contribution in [2.24, 2.45) is 0 Å². The van der Waals surface area contributed by atoms with Crippen molar-refractivity contribution in [1.29, 1.82) is 0 Å². The number of anilines is 1. The second-order valence-electron chi connectivity index (χ2n) is 6.81. The Kier molecular flexibility index (Phi) is 8.63. The van der Waals surface area contributed by atoms with E-state index >= 15 is 0 Å². The summed E-state index contributed by atoms with van der Waals surface area (Å²) in [5.41, 5.74) is 6.44. The molecule has 8 nitrogen and oxygen atoms in total. The van der Waals surface area contributed by atoms with Crippen LogP contribution in [0.15, 0.2) is 12.1 Å². The first-order chi connectivity index (χ1) is 14.3. The molecule has 1 aliphatic rings. The topological polar surface area (TPSA) is 103 Å². The summed E-state index contributed by atoms with van der Waals surface area (Å²) < 4.78 is 16.3. The molecule has 0 aromatic heterocycles. The second kappa shape index (κ2) is 11.0. The van der Waals surface area contributed by atoms with Crippen LogP contribution in [0, 0.1) is 11.8 Å². The lowest BCUT2D eigenvalue weighted by Gasteiger charge is -2.37. The minimum absolute atomic E-state index is 0.252. The first-order valence-corrected chi connectivity index (χ1v) is 10.1. The molecule has 2 amide bonds. The molecule has 0 radical (unpaired) electrons. The van der Waals surface area contributed by atoms with Crippen LogP contribution < -0.4 is 15.8 Å². The van der Waals surface area contributed by atoms with Gasteiger partial charge in [0.15, 0.2) is 6.10 Å². The summed E-state index contributed by atoms with van der Waals surface area (Å²) in [6.45, 7) is 6.29. The first-order valence-electron chi connectivity index (χ1n) is 9.73. The third-order valence-electron chi connectivity index (χ3n) is 4.70. The molecule has 2 rings (SSSR count). The fourth-order valence-electron chi connectivity index (χ4n) is 3.21. The van der Waals surface area contributed by atoms with E-state index in [2.05, 4.69) is 17.2 Å². The van der Waals surface area contributed by atoms with Gasteiger partial charge in [0, 0.05) is 19.7 Å². The van der Waals surface area contributed by atoms with E-state index in [0.29, 0.717) is 37.6 Å². The monoisotopic (exact) mass is 437 g/mol. The summed E-state index contributed by atoms with van der Waals surface area (Å²) in [6, 6.07) is 2.69. The van der Waals surface area contributed by atoms with Crippen LogP contribution in [0.5, 0.6) is 5.75 Å². The van der Waals surface area contributed by atoms with Crippen LogP contribution in [0.25, 0.3) is 0 Å². The Morgan fingerprint density at radius 1 is 1.43 bits per heavy atom. The van der Waals surface area contributed by atoms with Gasteiger partial charge in [0.2, 0.25) is 0 Å². The maximum atomic E-state index is 13.0. The minimum Gasteiger partial charge on any atom is -0.477 e. The number of likely N-dealkylation sites (tertiary alicyclic amines) is 1. The molecule has 1 heterocycles. The maximum Gasteiger partial charge on any atom is 0.409 e. The van der Waals surface area contributed by atoms with Gasteiger partial charge in [-0.1, -0.05) is 17.5 Å². The lowest BCUT2D eigenvalue weighted by molar-refractivity contribution is 0.00452. The number of benzene rings is 1. The lowest BCUT2D eigenvalue weighted by Crippen LogP contribution is -2.56. The van der Waals surface area contributed by atoms with Gasteiger partial charge in [-0.2, -0.15) is 0 Å². The van der Waals surface area contributed by atoms with Gasteiger partial charge >= 0.3 is 6.09 Å². The van der Waals surface area contributed by atoms with E-state index in [1.807, 2.05) is 0 Å². The van der Waals surface area contributed by atoms with Gasteiger partial charge in [-0.3, -0.25) is 4.79 Å². The smallest absolute Gasteiger partial charge is 0.409 e. The Morgan fingerprint density at radius 3 is 2.80 bits per heavy atom. The molecule has 0 unspecified atom stereocenters. The van der Waals surface area contributed by atoms with Crippen LogP contribution in [0.3, 0.4) is 0 Å². The third kappa shape index (κ3) is 5.94. The van der Waals surface area contributed by atoms with Gasteiger partial charge in [-0.15, -0.1) is 5.92 Å². The number of nitrogens with zero attached hydrogens (tertiary/aromatic N) is 1. The van der Waals surface area contributed by atoms with Crippen molar-refractivity contribution < 1.29 is 23.8 Å². The van der Waals surface area contributed by atoms with Gasteiger partial charge in [0.1, 0.15) is 5.75 Å². The number of amides is 2. The predicted octanol–water partition coefficient (Wildman–Crippen LogP) is 2.69. The molecular formula is C21H28ClN3O5. The van der Waals surface area contributed by atoms with Crippen molar-refractivity contribution in [3.63, 3.8) is 0 Å². The van der Waals surface area contributed by atoms with E-state index in [1.54, 1.807) is 25.7 Å². The number of nitrogens with two attached hydrogens (primary N) is 1. The SMILES string of the molecule is CC#C[C@H](C)Oc1cc(N)c(Cl)cc1C(=O)N[C@@H]1CCN(C(=O)OCC)C[C@@H]1OC. The summed E-state index contributed by atoms with van der Waals surface area (Å²) in [5.74, 6) is 5.56. The average Bonchev–Trinajstić information content (AvgIpc) is 2.71. The molecule has 1 aromatic carbocycles. The number of methoxy groups -OCH3 is 1. The number of rotatable bonds is 6. The van der Waals surface area contributed by atoms with E-state index < -0.39 is 12.2 Å². The van der Waals surface area contributed by atoms with Gasteiger partial charge < -0.3 is 30.2 Å². The second-order valence-corrected chi connectivity index (χ2v) is 7.22. The Hall–Kier alpha value is -2.63. The van der Waals surface area contributed by atoms with Crippen LogP contribution in [-0.4, -0.2) is 62.0 Å². The molecule has 1 aliphatic heterocycles. The fraction of sp³-hybridized carbons (Fsp3) is 0.524. The Balaban J connectivity index is 2.17. The number of ether oxygens (including phenoxy) is 3. The molecule has 1 saturated heterocycles. The molecule has 30 heavy (non-hydrogen) atoms. The minimum atomic E-state index is -0.429. The summed E-state index contributed by atoms with van der Waals surface area (Å²) in [6.07, 6.45) is -0.691. The van der Waals surface area contributed by atoms with Crippen molar-refractivity contribution in [3.8, 4) is 17.6 Å². The quantitative estimate of drug-likeness (QED) is 0.524. The van der Waals surface area contributed by atoms with Gasteiger partial charge in [0.25, 0.3) is 5.91 Å². The molecule has 1 fully saturated rings. The highest BCUT2D eigenvalue weighted by Crippen LogP contribution is 2.30. The largest absolute Gasteiger partial charge is 0.477 e. The molecule has 0 spiro atoms. The van der Waals surface area contributed by atoms with Gasteiger partial charge in [0.05, 0.1) is 41.6 Å². The van der Waals surface area contributed by atoms with Crippen LogP contribution in [0.2, 0.25) is 5.02 Å². The molecule has 1 aromatic rings. The van der Waals surface area contributed by atoms with Crippen molar-refractivity contribution in [2.45, 2.75) is 45.4 Å². The predicted molar refractivity (Wildman–Crippen MR) is 115 cm³/mol. The molecule has 0 bridgehead atoms. The number of carbonyl (C=O) groups is 2. The zero-order chi connectivity index (χ0) is 22.3. The van der Waals surface area contributed by atoms with Crippen LogP contribution in [-0.2, 0) is 9.47 Å². The Bertz CT molecular complexity index is 836. The zero-order valence-corrected chi connectivity index (χ0v) is 18.4. The van der Waals surface area contributed by atoms with Crippen LogP contribution in [0.1, 0.15) is 37.6 Å². The molecule has 0 saturated carbocycles. The molecule has 3 N–H and O–H groups in total. The number of carbonyl (C=O) groups excluding carboxylic acids is 2. The van der Waals surface area contributed by atoms with E-state index in [4.69, 9.17) is 31.5 Å². The highest BCUT2D eigenvalue weighted by molar-refractivity contribution is 6.33.